The molecule has 1 aliphatic heterocycles. The molecule has 0 radical (unpaired) electrons. The number of H-pyrrole nitrogens is 1. The van der Waals surface area contributed by atoms with Gasteiger partial charge in [0, 0.05) is 30.1 Å². The first-order valence-electron chi connectivity index (χ1n) is 6.65. The highest BCUT2D eigenvalue weighted by atomic mass is 16.5. The van der Waals surface area contributed by atoms with Crippen LogP contribution in [0.15, 0.2) is 18.2 Å². The van der Waals surface area contributed by atoms with Crippen LogP contribution in [0.4, 0.5) is 0 Å². The number of aromatic amines is 1. The van der Waals surface area contributed by atoms with Gasteiger partial charge in [-0.15, -0.1) is 0 Å². The van der Waals surface area contributed by atoms with Gasteiger partial charge in [-0.1, -0.05) is 0 Å². The van der Waals surface area contributed by atoms with E-state index in [0.29, 0.717) is 5.69 Å². The molecule has 1 aliphatic rings. The Labute approximate surface area is 112 Å². The third-order valence-corrected chi connectivity index (χ3v) is 3.78. The highest BCUT2D eigenvalue weighted by Gasteiger charge is 2.21. The summed E-state index contributed by atoms with van der Waals surface area (Å²) < 4.78 is 5.26. The van der Waals surface area contributed by atoms with Gasteiger partial charge in [-0.25, -0.2) is 0 Å². The second-order valence-electron chi connectivity index (χ2n) is 5.09. The van der Waals surface area contributed by atoms with Crippen molar-refractivity contribution in [1.82, 2.24) is 9.88 Å². The fourth-order valence-corrected chi connectivity index (χ4v) is 2.71. The molecule has 0 aliphatic carbocycles. The van der Waals surface area contributed by atoms with E-state index >= 15 is 0 Å². The quantitative estimate of drug-likeness (QED) is 0.900. The maximum absolute atomic E-state index is 12.3. The zero-order valence-electron chi connectivity index (χ0n) is 11.3. The van der Waals surface area contributed by atoms with E-state index < -0.39 is 0 Å². The lowest BCUT2D eigenvalue weighted by Crippen LogP contribution is -2.27. The number of rotatable bonds is 2. The number of methoxy groups -OCH3 is 1. The molecular formula is C15H18N2O2. The number of hydrogen-bond donors (Lipinski definition) is 1. The Morgan fingerprint density at radius 1 is 1.26 bits per heavy atom. The minimum Gasteiger partial charge on any atom is -0.497 e. The lowest BCUT2D eigenvalue weighted by Gasteiger charge is -2.13. The van der Waals surface area contributed by atoms with Gasteiger partial charge in [-0.2, -0.15) is 0 Å². The van der Waals surface area contributed by atoms with Gasteiger partial charge in [-0.3, -0.25) is 4.79 Å². The zero-order chi connectivity index (χ0) is 13.4. The summed E-state index contributed by atoms with van der Waals surface area (Å²) >= 11 is 0. The summed E-state index contributed by atoms with van der Waals surface area (Å²) in [5.41, 5.74) is 2.75. The van der Waals surface area contributed by atoms with Crippen molar-refractivity contribution < 1.29 is 9.53 Å². The van der Waals surface area contributed by atoms with Gasteiger partial charge >= 0.3 is 0 Å². The Bertz CT molecular complexity index is 624. The molecule has 1 aromatic heterocycles. The average Bonchev–Trinajstić information content (AvgIpc) is 3.06. The van der Waals surface area contributed by atoms with Crippen molar-refractivity contribution in [3.8, 4) is 5.75 Å². The van der Waals surface area contributed by atoms with E-state index in [1.165, 1.54) is 0 Å². The van der Waals surface area contributed by atoms with E-state index in [1.807, 2.05) is 30.0 Å². The minimum absolute atomic E-state index is 0.104. The Hall–Kier alpha value is -1.97. The first kappa shape index (κ1) is 12.1. The number of fused-ring (bicyclic) bond motifs is 1. The van der Waals surface area contributed by atoms with Crippen LogP contribution in [0, 0.1) is 6.92 Å². The van der Waals surface area contributed by atoms with E-state index in [-0.39, 0.29) is 5.91 Å². The molecule has 0 spiro atoms. The van der Waals surface area contributed by atoms with Crippen LogP contribution in [-0.4, -0.2) is 36.0 Å². The first-order valence-corrected chi connectivity index (χ1v) is 6.65. The highest BCUT2D eigenvalue weighted by Crippen LogP contribution is 2.26. The molecule has 19 heavy (non-hydrogen) atoms. The summed E-state index contributed by atoms with van der Waals surface area (Å²) in [5, 5.41) is 1.09. The minimum atomic E-state index is 0.104. The summed E-state index contributed by atoms with van der Waals surface area (Å²) in [6.07, 6.45) is 2.22. The fraction of sp³-hybridized carbons (Fsp3) is 0.400. The molecule has 1 aromatic carbocycles. The maximum Gasteiger partial charge on any atom is 0.270 e. The van der Waals surface area contributed by atoms with Crippen LogP contribution in [0.1, 0.15) is 28.9 Å². The molecule has 1 N–H and O–H groups in total. The largest absolute Gasteiger partial charge is 0.497 e. The highest BCUT2D eigenvalue weighted by molar-refractivity contribution is 5.99. The Kier molecular flexibility index (Phi) is 2.93. The summed E-state index contributed by atoms with van der Waals surface area (Å²) in [5.74, 6) is 0.916. The van der Waals surface area contributed by atoms with Gasteiger partial charge in [0.15, 0.2) is 0 Å². The van der Waals surface area contributed by atoms with E-state index in [2.05, 4.69) is 4.98 Å². The molecular weight excluding hydrogens is 240 g/mol. The van der Waals surface area contributed by atoms with Crippen molar-refractivity contribution in [2.45, 2.75) is 19.8 Å². The number of aromatic nitrogens is 1. The second kappa shape index (κ2) is 4.61. The summed E-state index contributed by atoms with van der Waals surface area (Å²) in [6, 6.07) is 5.87. The maximum atomic E-state index is 12.3. The van der Waals surface area contributed by atoms with Gasteiger partial charge in [-0.05, 0) is 37.5 Å². The zero-order valence-corrected chi connectivity index (χ0v) is 11.3. The molecule has 0 unspecified atom stereocenters. The van der Waals surface area contributed by atoms with Gasteiger partial charge in [0.05, 0.1) is 7.11 Å². The SMILES string of the molecule is COc1cc(C)c2cc(C(=O)N3CCCC3)[nH]c2c1. The predicted octanol–water partition coefficient (Wildman–Crippen LogP) is 2.72. The van der Waals surface area contributed by atoms with Crippen LogP contribution in [-0.2, 0) is 0 Å². The second-order valence-corrected chi connectivity index (χ2v) is 5.09. The number of nitrogens with zero attached hydrogens (tertiary/aromatic N) is 1. The van der Waals surface area contributed by atoms with Crippen LogP contribution in [0.25, 0.3) is 10.9 Å². The van der Waals surface area contributed by atoms with Crippen molar-refractivity contribution >= 4 is 16.8 Å². The van der Waals surface area contributed by atoms with Crippen molar-refractivity contribution in [3.63, 3.8) is 0 Å². The van der Waals surface area contributed by atoms with E-state index in [1.54, 1.807) is 7.11 Å². The number of likely N-dealkylation sites (tertiary alicyclic amines) is 1. The standard InChI is InChI=1S/C15H18N2O2/c1-10-7-11(19-2)8-13-12(10)9-14(16-13)15(18)17-5-3-4-6-17/h7-9,16H,3-6H2,1-2H3. The van der Waals surface area contributed by atoms with Gasteiger partial charge in [0.2, 0.25) is 0 Å². The number of aryl methyl sites for hydroxylation is 1. The van der Waals surface area contributed by atoms with Crippen LogP contribution >= 0.6 is 0 Å². The van der Waals surface area contributed by atoms with Crippen LogP contribution < -0.4 is 4.74 Å². The number of hydrogen-bond acceptors (Lipinski definition) is 2. The number of carbonyl (C=O) groups is 1. The Morgan fingerprint density at radius 2 is 2.00 bits per heavy atom. The molecule has 4 heteroatoms. The first-order chi connectivity index (χ1) is 9.19. The number of carbonyl (C=O) groups excluding carboxylic acids is 1. The lowest BCUT2D eigenvalue weighted by molar-refractivity contribution is 0.0788. The van der Waals surface area contributed by atoms with Crippen molar-refractivity contribution in [1.29, 1.82) is 0 Å². The van der Waals surface area contributed by atoms with Crippen molar-refractivity contribution in [3.05, 3.63) is 29.5 Å². The van der Waals surface area contributed by atoms with Gasteiger partial charge in [0.25, 0.3) is 5.91 Å². The number of amides is 1. The van der Waals surface area contributed by atoms with Crippen molar-refractivity contribution in [2.75, 3.05) is 20.2 Å². The van der Waals surface area contributed by atoms with Gasteiger partial charge in [0.1, 0.15) is 11.4 Å². The molecule has 0 atom stereocenters. The fourth-order valence-electron chi connectivity index (χ4n) is 2.71. The van der Waals surface area contributed by atoms with Crippen molar-refractivity contribution in [2.24, 2.45) is 0 Å². The van der Waals surface area contributed by atoms with Gasteiger partial charge < -0.3 is 14.6 Å². The lowest BCUT2D eigenvalue weighted by atomic mass is 10.1. The monoisotopic (exact) mass is 258 g/mol. The average molecular weight is 258 g/mol. The third-order valence-electron chi connectivity index (χ3n) is 3.78. The molecule has 3 rings (SSSR count). The Balaban J connectivity index is 2.01. The summed E-state index contributed by atoms with van der Waals surface area (Å²) in [4.78, 5) is 17.5. The molecule has 2 heterocycles. The molecule has 0 bridgehead atoms. The number of ether oxygens (including phenoxy) is 1. The molecule has 100 valence electrons. The van der Waals surface area contributed by atoms with E-state index in [4.69, 9.17) is 4.74 Å². The molecule has 2 aromatic rings. The normalized spacial score (nSPS) is 15.2. The smallest absolute Gasteiger partial charge is 0.270 e. The number of nitrogens with one attached hydrogen (secondary N) is 1. The molecule has 0 saturated carbocycles. The number of benzene rings is 1. The molecule has 4 nitrogen and oxygen atoms in total. The van der Waals surface area contributed by atoms with E-state index in [9.17, 15) is 4.79 Å². The molecule has 1 saturated heterocycles. The van der Waals surface area contributed by atoms with Crippen LogP contribution in [0.2, 0.25) is 0 Å². The predicted molar refractivity (Wildman–Crippen MR) is 74.7 cm³/mol. The molecule has 1 fully saturated rings. The molecule has 1 amide bonds. The Morgan fingerprint density at radius 3 is 2.68 bits per heavy atom. The summed E-state index contributed by atoms with van der Waals surface area (Å²) in [7, 11) is 1.65. The topological polar surface area (TPSA) is 45.3 Å². The van der Waals surface area contributed by atoms with Crippen LogP contribution in [0.3, 0.4) is 0 Å². The van der Waals surface area contributed by atoms with E-state index in [0.717, 1.165) is 48.1 Å². The van der Waals surface area contributed by atoms with Crippen LogP contribution in [0.5, 0.6) is 5.75 Å². The summed E-state index contributed by atoms with van der Waals surface area (Å²) in [6.45, 7) is 3.77. The third kappa shape index (κ3) is 2.07.